The van der Waals surface area contributed by atoms with E-state index in [0.717, 1.165) is 0 Å². The van der Waals surface area contributed by atoms with Crippen molar-refractivity contribution in [3.8, 4) is 0 Å². The molecule has 0 amide bonds. The van der Waals surface area contributed by atoms with Gasteiger partial charge >= 0.3 is 6.18 Å². The molecule has 0 saturated carbocycles. The van der Waals surface area contributed by atoms with Gasteiger partial charge in [-0.15, -0.1) is 0 Å². The molecule has 6 heteroatoms. The van der Waals surface area contributed by atoms with Crippen LogP contribution in [-0.2, 0) is 6.18 Å². The van der Waals surface area contributed by atoms with E-state index >= 15 is 0 Å². The Kier molecular flexibility index (Phi) is 2.79. The molecule has 13 heavy (non-hydrogen) atoms. The zero-order chi connectivity index (χ0) is 10.2. The Morgan fingerprint density at radius 2 is 1.38 bits per heavy atom. The molecule has 1 rings (SSSR count). The van der Waals surface area contributed by atoms with Crippen LogP contribution in [0.15, 0.2) is 12.1 Å². The third kappa shape index (κ3) is 2.29. The highest BCUT2D eigenvalue weighted by Gasteiger charge is 2.32. The van der Waals surface area contributed by atoms with Crippen molar-refractivity contribution in [2.75, 3.05) is 0 Å². The highest BCUT2D eigenvalue weighted by molar-refractivity contribution is 14.1. The van der Waals surface area contributed by atoms with Gasteiger partial charge in [-0.05, 0) is 34.7 Å². The van der Waals surface area contributed by atoms with Crippen LogP contribution in [-0.4, -0.2) is 0 Å². The Morgan fingerprint density at radius 3 is 1.69 bits per heavy atom. The molecule has 0 radical (unpaired) electrons. The van der Waals surface area contributed by atoms with E-state index in [2.05, 4.69) is 0 Å². The molecule has 0 spiro atoms. The average molecular weight is 308 g/mol. The minimum atomic E-state index is -4.72. The van der Waals surface area contributed by atoms with E-state index in [-0.39, 0.29) is 12.1 Å². The summed E-state index contributed by atoms with van der Waals surface area (Å²) in [5.74, 6) is -2.40. The summed E-state index contributed by atoms with van der Waals surface area (Å²) in [7, 11) is 0. The first-order valence-electron chi connectivity index (χ1n) is 3.04. The van der Waals surface area contributed by atoms with Gasteiger partial charge in [0, 0.05) is 0 Å². The first-order valence-corrected chi connectivity index (χ1v) is 4.12. The van der Waals surface area contributed by atoms with Crippen molar-refractivity contribution < 1.29 is 22.0 Å². The van der Waals surface area contributed by atoms with E-state index in [1.54, 1.807) is 0 Å². The van der Waals surface area contributed by atoms with Gasteiger partial charge in [-0.3, -0.25) is 0 Å². The second-order valence-corrected chi connectivity index (χ2v) is 3.33. The van der Waals surface area contributed by atoms with E-state index in [1.807, 2.05) is 0 Å². The van der Waals surface area contributed by atoms with Crippen LogP contribution in [0.5, 0.6) is 0 Å². The molecule has 0 heterocycles. The van der Waals surface area contributed by atoms with Crippen LogP contribution in [0.3, 0.4) is 0 Å². The molecule has 0 unspecified atom stereocenters. The molecule has 0 bridgehead atoms. The molecule has 0 fully saturated rings. The highest BCUT2D eigenvalue weighted by atomic mass is 127. The first kappa shape index (κ1) is 10.7. The van der Waals surface area contributed by atoms with Crippen molar-refractivity contribution in [1.82, 2.24) is 0 Å². The lowest BCUT2D eigenvalue weighted by Gasteiger charge is -2.07. The minimum Gasteiger partial charge on any atom is -0.206 e. The summed E-state index contributed by atoms with van der Waals surface area (Å²) in [6, 6.07) is 0.537. The van der Waals surface area contributed by atoms with Gasteiger partial charge in [0.05, 0.1) is 9.13 Å². The van der Waals surface area contributed by atoms with Gasteiger partial charge in [-0.2, -0.15) is 13.2 Å². The van der Waals surface area contributed by atoms with Crippen molar-refractivity contribution in [2.45, 2.75) is 6.18 Å². The van der Waals surface area contributed by atoms with Gasteiger partial charge in [0.2, 0.25) is 0 Å². The fourth-order valence-electron chi connectivity index (χ4n) is 0.719. The van der Waals surface area contributed by atoms with Crippen LogP contribution in [0.1, 0.15) is 5.56 Å². The Bertz CT molecular complexity index is 307. The van der Waals surface area contributed by atoms with Gasteiger partial charge in [0.1, 0.15) is 11.6 Å². The molecular weight excluding hydrogens is 306 g/mol. The van der Waals surface area contributed by atoms with Crippen LogP contribution >= 0.6 is 22.6 Å². The number of halogens is 6. The summed E-state index contributed by atoms with van der Waals surface area (Å²) in [6.45, 7) is 0. The van der Waals surface area contributed by atoms with Gasteiger partial charge < -0.3 is 0 Å². The largest absolute Gasteiger partial charge is 0.416 e. The molecule has 72 valence electrons. The maximum Gasteiger partial charge on any atom is 0.416 e. The predicted molar refractivity (Wildman–Crippen MR) is 44.1 cm³/mol. The standard InChI is InChI=1S/C7H2F5I/c8-4-1-3(7(10,11)12)2-5(9)6(4)13/h1-2H. The molecule has 1 aromatic rings. The van der Waals surface area contributed by atoms with Crippen LogP contribution < -0.4 is 0 Å². The van der Waals surface area contributed by atoms with Crippen molar-refractivity contribution in [3.05, 3.63) is 32.9 Å². The lowest BCUT2D eigenvalue weighted by atomic mass is 10.2. The Balaban J connectivity index is 3.29. The van der Waals surface area contributed by atoms with Crippen molar-refractivity contribution >= 4 is 22.6 Å². The number of benzene rings is 1. The van der Waals surface area contributed by atoms with Gasteiger partial charge in [-0.25, -0.2) is 8.78 Å². The SMILES string of the molecule is Fc1cc(C(F)(F)F)cc(F)c1I. The van der Waals surface area contributed by atoms with Crippen molar-refractivity contribution in [3.63, 3.8) is 0 Å². The van der Waals surface area contributed by atoms with E-state index < -0.39 is 26.9 Å². The second-order valence-electron chi connectivity index (χ2n) is 2.25. The molecular formula is C7H2F5I. The lowest BCUT2D eigenvalue weighted by Crippen LogP contribution is -2.07. The van der Waals surface area contributed by atoms with E-state index in [1.165, 1.54) is 22.6 Å². The predicted octanol–water partition coefficient (Wildman–Crippen LogP) is 3.59. The zero-order valence-electron chi connectivity index (χ0n) is 5.92. The van der Waals surface area contributed by atoms with Crippen LogP contribution in [0.25, 0.3) is 0 Å². The van der Waals surface area contributed by atoms with Gasteiger partial charge in [0.25, 0.3) is 0 Å². The van der Waals surface area contributed by atoms with E-state index in [0.29, 0.717) is 0 Å². The monoisotopic (exact) mass is 308 g/mol. The number of alkyl halides is 3. The highest BCUT2D eigenvalue weighted by Crippen LogP contribution is 2.31. The maximum atomic E-state index is 12.6. The molecule has 0 atom stereocenters. The molecule has 0 aliphatic rings. The molecule has 0 aliphatic carbocycles. The summed E-state index contributed by atoms with van der Waals surface area (Å²) in [4.78, 5) is 0. The molecule has 0 aliphatic heterocycles. The third-order valence-electron chi connectivity index (χ3n) is 1.31. The lowest BCUT2D eigenvalue weighted by molar-refractivity contribution is -0.138. The normalized spacial score (nSPS) is 11.8. The van der Waals surface area contributed by atoms with Gasteiger partial charge in [-0.1, -0.05) is 0 Å². The Morgan fingerprint density at radius 1 is 1.00 bits per heavy atom. The molecule has 0 saturated heterocycles. The third-order valence-corrected chi connectivity index (χ3v) is 2.34. The Hall–Kier alpha value is -0.400. The number of hydrogen-bond donors (Lipinski definition) is 0. The summed E-state index contributed by atoms with van der Waals surface area (Å²) in [5, 5.41) is 0. The summed E-state index contributed by atoms with van der Waals surface area (Å²) in [6.07, 6.45) is -4.72. The fraction of sp³-hybridized carbons (Fsp3) is 0.143. The molecule has 1 aromatic carbocycles. The van der Waals surface area contributed by atoms with Crippen LogP contribution in [0.4, 0.5) is 22.0 Å². The quantitative estimate of drug-likeness (QED) is 0.390. The van der Waals surface area contributed by atoms with Crippen LogP contribution in [0.2, 0.25) is 0 Å². The van der Waals surface area contributed by atoms with Crippen molar-refractivity contribution in [1.29, 1.82) is 0 Å². The van der Waals surface area contributed by atoms with Crippen LogP contribution in [0, 0.1) is 15.2 Å². The fourth-order valence-corrected chi connectivity index (χ4v) is 1.03. The van der Waals surface area contributed by atoms with Gasteiger partial charge in [0.15, 0.2) is 0 Å². The number of hydrogen-bond acceptors (Lipinski definition) is 0. The molecule has 0 aromatic heterocycles. The molecule has 0 N–H and O–H groups in total. The summed E-state index contributed by atoms with van der Waals surface area (Å²) >= 11 is 1.30. The number of rotatable bonds is 0. The minimum absolute atomic E-state index is 0.269. The Labute approximate surface area is 83.9 Å². The summed E-state index contributed by atoms with van der Waals surface area (Å²) in [5.41, 5.74) is -1.32. The second kappa shape index (κ2) is 3.39. The molecule has 0 nitrogen and oxygen atoms in total. The van der Waals surface area contributed by atoms with Crippen molar-refractivity contribution in [2.24, 2.45) is 0 Å². The summed E-state index contributed by atoms with van der Waals surface area (Å²) < 4.78 is 60.6. The maximum absolute atomic E-state index is 12.6. The van der Waals surface area contributed by atoms with E-state index in [4.69, 9.17) is 0 Å². The topological polar surface area (TPSA) is 0 Å². The first-order chi connectivity index (χ1) is 5.82. The zero-order valence-corrected chi connectivity index (χ0v) is 8.08. The van der Waals surface area contributed by atoms with E-state index in [9.17, 15) is 22.0 Å². The smallest absolute Gasteiger partial charge is 0.206 e. The average Bonchev–Trinajstić information content (AvgIpc) is 1.97.